The minimum absolute atomic E-state index is 0.00369. The summed E-state index contributed by atoms with van der Waals surface area (Å²) in [6, 6.07) is 4.03. The smallest absolute Gasteiger partial charge is 0.261 e. The molecule has 2 aliphatic rings. The van der Waals surface area contributed by atoms with Gasteiger partial charge in [0.25, 0.3) is 5.91 Å². The van der Waals surface area contributed by atoms with Crippen LogP contribution in [0.15, 0.2) is 12.1 Å². The van der Waals surface area contributed by atoms with E-state index in [2.05, 4.69) is 10.6 Å². The van der Waals surface area contributed by atoms with Gasteiger partial charge in [-0.15, -0.1) is 11.3 Å². The lowest BCUT2D eigenvalue weighted by Crippen LogP contribution is -2.53. The highest BCUT2D eigenvalue weighted by Crippen LogP contribution is 2.18. The molecule has 2 aliphatic heterocycles. The molecule has 5 nitrogen and oxygen atoms in total. The number of amides is 2. The monoisotopic (exact) mass is 335 g/mol. The molecular weight excluding hydrogens is 310 g/mol. The summed E-state index contributed by atoms with van der Waals surface area (Å²) in [4.78, 5) is 28.6. The SMILES string of the molecule is Cc1ccc(C(=O)NC2CCN(C(=O)C3CCCCN3)CC2)s1. The van der Waals surface area contributed by atoms with Crippen molar-refractivity contribution in [1.29, 1.82) is 0 Å². The van der Waals surface area contributed by atoms with Gasteiger partial charge in [-0.3, -0.25) is 9.59 Å². The van der Waals surface area contributed by atoms with Gasteiger partial charge >= 0.3 is 0 Å². The zero-order valence-corrected chi connectivity index (χ0v) is 14.5. The number of carbonyl (C=O) groups excluding carboxylic acids is 2. The third kappa shape index (κ3) is 4.12. The van der Waals surface area contributed by atoms with E-state index in [1.807, 2.05) is 24.0 Å². The van der Waals surface area contributed by atoms with Crippen LogP contribution in [0, 0.1) is 6.92 Å². The van der Waals surface area contributed by atoms with Gasteiger partial charge in [0, 0.05) is 24.0 Å². The molecule has 1 atom stereocenters. The van der Waals surface area contributed by atoms with E-state index in [0.717, 1.165) is 55.1 Å². The van der Waals surface area contributed by atoms with Gasteiger partial charge in [-0.05, 0) is 51.3 Å². The molecule has 1 aromatic rings. The lowest BCUT2D eigenvalue weighted by Gasteiger charge is -2.35. The van der Waals surface area contributed by atoms with Crippen molar-refractivity contribution >= 4 is 23.2 Å². The number of thiophene rings is 1. The van der Waals surface area contributed by atoms with Crippen molar-refractivity contribution in [2.45, 2.75) is 51.1 Å². The molecule has 0 bridgehead atoms. The number of nitrogens with zero attached hydrogens (tertiary/aromatic N) is 1. The van der Waals surface area contributed by atoms with Gasteiger partial charge in [-0.1, -0.05) is 6.42 Å². The van der Waals surface area contributed by atoms with Gasteiger partial charge in [0.2, 0.25) is 5.91 Å². The van der Waals surface area contributed by atoms with Crippen LogP contribution >= 0.6 is 11.3 Å². The molecule has 3 heterocycles. The lowest BCUT2D eigenvalue weighted by molar-refractivity contribution is -0.135. The van der Waals surface area contributed by atoms with E-state index >= 15 is 0 Å². The molecule has 3 rings (SSSR count). The Hall–Kier alpha value is -1.40. The second kappa shape index (κ2) is 7.45. The molecule has 2 N–H and O–H groups in total. The number of hydrogen-bond acceptors (Lipinski definition) is 4. The summed E-state index contributed by atoms with van der Waals surface area (Å²) in [7, 11) is 0. The molecule has 126 valence electrons. The quantitative estimate of drug-likeness (QED) is 0.887. The van der Waals surface area contributed by atoms with Crippen molar-refractivity contribution in [2.75, 3.05) is 19.6 Å². The van der Waals surface area contributed by atoms with E-state index in [1.54, 1.807) is 0 Å². The lowest BCUT2D eigenvalue weighted by atomic mass is 10.0. The highest BCUT2D eigenvalue weighted by atomic mass is 32.1. The third-order valence-electron chi connectivity index (χ3n) is 4.71. The number of carbonyl (C=O) groups is 2. The van der Waals surface area contributed by atoms with Crippen LogP contribution in [0.2, 0.25) is 0 Å². The Kier molecular flexibility index (Phi) is 5.33. The van der Waals surface area contributed by atoms with Crippen LogP contribution in [-0.2, 0) is 4.79 Å². The molecule has 0 radical (unpaired) electrons. The zero-order valence-electron chi connectivity index (χ0n) is 13.6. The predicted octanol–water partition coefficient (Wildman–Crippen LogP) is 1.92. The molecule has 0 spiro atoms. The Bertz CT molecular complexity index is 558. The maximum atomic E-state index is 12.5. The summed E-state index contributed by atoms with van der Waals surface area (Å²) in [5.74, 6) is 0.255. The van der Waals surface area contributed by atoms with Crippen molar-refractivity contribution < 1.29 is 9.59 Å². The maximum absolute atomic E-state index is 12.5. The molecule has 23 heavy (non-hydrogen) atoms. The summed E-state index contributed by atoms with van der Waals surface area (Å²) in [5.41, 5.74) is 0. The number of hydrogen-bond donors (Lipinski definition) is 2. The van der Waals surface area contributed by atoms with Gasteiger partial charge in [0.1, 0.15) is 0 Å². The first-order valence-electron chi connectivity index (χ1n) is 8.53. The summed E-state index contributed by atoms with van der Waals surface area (Å²) >= 11 is 1.52. The molecule has 0 aromatic carbocycles. The van der Waals surface area contributed by atoms with Crippen LogP contribution in [0.5, 0.6) is 0 Å². The molecule has 2 saturated heterocycles. The van der Waals surface area contributed by atoms with Gasteiger partial charge in [-0.25, -0.2) is 0 Å². The normalized spacial score (nSPS) is 22.8. The van der Waals surface area contributed by atoms with E-state index in [1.165, 1.54) is 17.8 Å². The van der Waals surface area contributed by atoms with Crippen molar-refractivity contribution in [3.63, 3.8) is 0 Å². The molecule has 0 aliphatic carbocycles. The zero-order chi connectivity index (χ0) is 16.2. The number of aryl methyl sites for hydroxylation is 1. The van der Waals surface area contributed by atoms with Gasteiger partial charge in [-0.2, -0.15) is 0 Å². The Balaban J connectivity index is 1.46. The third-order valence-corrected chi connectivity index (χ3v) is 5.71. The second-order valence-electron chi connectivity index (χ2n) is 6.49. The Morgan fingerprint density at radius 2 is 2.00 bits per heavy atom. The molecule has 2 fully saturated rings. The highest BCUT2D eigenvalue weighted by molar-refractivity contribution is 7.13. The largest absolute Gasteiger partial charge is 0.348 e. The van der Waals surface area contributed by atoms with Crippen LogP contribution in [0.3, 0.4) is 0 Å². The number of rotatable bonds is 3. The molecule has 2 amide bonds. The van der Waals surface area contributed by atoms with E-state index < -0.39 is 0 Å². The van der Waals surface area contributed by atoms with E-state index in [0.29, 0.717) is 0 Å². The first-order chi connectivity index (χ1) is 11.1. The topological polar surface area (TPSA) is 61.4 Å². The fraction of sp³-hybridized carbons (Fsp3) is 0.647. The Morgan fingerprint density at radius 3 is 2.61 bits per heavy atom. The van der Waals surface area contributed by atoms with Crippen LogP contribution < -0.4 is 10.6 Å². The second-order valence-corrected chi connectivity index (χ2v) is 7.77. The maximum Gasteiger partial charge on any atom is 0.261 e. The van der Waals surface area contributed by atoms with Crippen molar-refractivity contribution in [3.8, 4) is 0 Å². The van der Waals surface area contributed by atoms with Crippen LogP contribution in [0.1, 0.15) is 46.7 Å². The summed E-state index contributed by atoms with van der Waals surface area (Å²) in [6.45, 7) is 4.44. The van der Waals surface area contributed by atoms with Crippen LogP contribution in [0.4, 0.5) is 0 Å². The first-order valence-corrected chi connectivity index (χ1v) is 9.34. The molecule has 1 unspecified atom stereocenters. The van der Waals surface area contributed by atoms with E-state index in [9.17, 15) is 9.59 Å². The van der Waals surface area contributed by atoms with Crippen LogP contribution in [-0.4, -0.2) is 48.4 Å². The molecule has 6 heteroatoms. The number of likely N-dealkylation sites (tertiary alicyclic amines) is 1. The molecular formula is C17H25N3O2S. The number of nitrogens with one attached hydrogen (secondary N) is 2. The van der Waals surface area contributed by atoms with Crippen molar-refractivity contribution in [2.24, 2.45) is 0 Å². The van der Waals surface area contributed by atoms with Crippen molar-refractivity contribution in [3.05, 3.63) is 21.9 Å². The Labute approximate surface area is 141 Å². The van der Waals surface area contributed by atoms with Gasteiger partial charge < -0.3 is 15.5 Å². The highest BCUT2D eigenvalue weighted by Gasteiger charge is 2.29. The summed E-state index contributed by atoms with van der Waals surface area (Å²) in [6.07, 6.45) is 4.94. The summed E-state index contributed by atoms with van der Waals surface area (Å²) < 4.78 is 0. The van der Waals surface area contributed by atoms with E-state index in [-0.39, 0.29) is 23.9 Å². The minimum atomic E-state index is 0.00369. The standard InChI is InChI=1S/C17H25N3O2S/c1-12-5-6-15(23-12)16(21)19-13-7-10-20(11-8-13)17(22)14-4-2-3-9-18-14/h5-6,13-14,18H,2-4,7-11H2,1H3,(H,19,21). The van der Waals surface area contributed by atoms with Gasteiger partial charge in [0.15, 0.2) is 0 Å². The average molecular weight is 335 g/mol. The minimum Gasteiger partial charge on any atom is -0.348 e. The molecule has 1 aromatic heterocycles. The van der Waals surface area contributed by atoms with Gasteiger partial charge in [0.05, 0.1) is 10.9 Å². The average Bonchev–Trinajstić information content (AvgIpc) is 3.02. The van der Waals surface area contributed by atoms with E-state index in [4.69, 9.17) is 0 Å². The fourth-order valence-electron chi connectivity index (χ4n) is 3.34. The summed E-state index contributed by atoms with van der Waals surface area (Å²) in [5, 5.41) is 6.43. The van der Waals surface area contributed by atoms with Crippen LogP contribution in [0.25, 0.3) is 0 Å². The fourth-order valence-corrected chi connectivity index (χ4v) is 4.11. The number of piperidine rings is 2. The first kappa shape index (κ1) is 16.5. The van der Waals surface area contributed by atoms with Crippen molar-refractivity contribution in [1.82, 2.24) is 15.5 Å². The molecule has 0 saturated carbocycles. The Morgan fingerprint density at radius 1 is 1.22 bits per heavy atom. The predicted molar refractivity (Wildman–Crippen MR) is 91.8 cm³/mol.